The lowest BCUT2D eigenvalue weighted by molar-refractivity contribution is 0.326. The zero-order valence-electron chi connectivity index (χ0n) is 8.13. The van der Waals surface area contributed by atoms with Gasteiger partial charge in [-0.2, -0.15) is 0 Å². The molecule has 0 aliphatic carbocycles. The number of H-pyrrole nitrogens is 1. The van der Waals surface area contributed by atoms with Gasteiger partial charge in [-0.05, 0) is 20.3 Å². The topological polar surface area (TPSA) is 54.9 Å². The van der Waals surface area contributed by atoms with Crippen LogP contribution in [0, 0.1) is 0 Å². The molecule has 1 rings (SSSR count). The first-order valence-electron chi connectivity index (χ1n) is 4.30. The van der Waals surface area contributed by atoms with Gasteiger partial charge in [-0.15, -0.1) is 0 Å². The molecule has 0 aliphatic heterocycles. The zero-order valence-corrected chi connectivity index (χ0v) is 8.13. The molecule has 0 bridgehead atoms. The highest BCUT2D eigenvalue weighted by atomic mass is 16.2. The van der Waals surface area contributed by atoms with E-state index in [-0.39, 0.29) is 16.8 Å². The second-order valence-corrected chi connectivity index (χ2v) is 3.65. The second-order valence-electron chi connectivity index (χ2n) is 3.65. The van der Waals surface area contributed by atoms with E-state index in [0.717, 1.165) is 6.42 Å². The Morgan fingerprint density at radius 3 is 2.54 bits per heavy atom. The lowest BCUT2D eigenvalue weighted by Crippen LogP contribution is -2.39. The lowest BCUT2D eigenvalue weighted by atomic mass is 10.0. The Morgan fingerprint density at radius 2 is 2.08 bits per heavy atom. The summed E-state index contributed by atoms with van der Waals surface area (Å²) in [7, 11) is 0. The molecule has 4 heteroatoms. The minimum atomic E-state index is -0.354. The summed E-state index contributed by atoms with van der Waals surface area (Å²) < 4.78 is 1.54. The third kappa shape index (κ3) is 1.88. The maximum atomic E-state index is 11.4. The van der Waals surface area contributed by atoms with E-state index in [0.29, 0.717) is 0 Å². The Kier molecular flexibility index (Phi) is 2.40. The van der Waals surface area contributed by atoms with E-state index in [1.807, 2.05) is 20.8 Å². The Balaban J connectivity index is 3.32. The molecule has 1 aromatic rings. The van der Waals surface area contributed by atoms with Gasteiger partial charge in [0.1, 0.15) is 0 Å². The standard InChI is InChI=1S/C9H14N2O2/c1-4-9(2,3)11-6-5-7(12)10-8(11)13/h5-6H,4H2,1-3H3,(H,10,12,13). The van der Waals surface area contributed by atoms with E-state index in [1.165, 1.54) is 16.8 Å². The van der Waals surface area contributed by atoms with E-state index in [1.54, 1.807) is 0 Å². The van der Waals surface area contributed by atoms with Crippen molar-refractivity contribution in [1.29, 1.82) is 0 Å². The minimum absolute atomic E-state index is 0.249. The Morgan fingerprint density at radius 1 is 1.46 bits per heavy atom. The van der Waals surface area contributed by atoms with E-state index in [2.05, 4.69) is 4.98 Å². The molecule has 72 valence electrons. The number of hydrogen-bond acceptors (Lipinski definition) is 2. The Labute approximate surface area is 76.2 Å². The highest BCUT2D eigenvalue weighted by Gasteiger charge is 2.18. The van der Waals surface area contributed by atoms with Crippen LogP contribution in [0.1, 0.15) is 27.2 Å². The molecule has 0 unspecified atom stereocenters. The number of rotatable bonds is 2. The van der Waals surface area contributed by atoms with Gasteiger partial charge in [0.15, 0.2) is 0 Å². The number of nitrogens with one attached hydrogen (secondary N) is 1. The van der Waals surface area contributed by atoms with Gasteiger partial charge in [-0.3, -0.25) is 14.3 Å². The van der Waals surface area contributed by atoms with Gasteiger partial charge in [0.05, 0.1) is 0 Å². The van der Waals surface area contributed by atoms with Crippen LogP contribution in [-0.4, -0.2) is 9.55 Å². The molecule has 0 saturated carbocycles. The summed E-state index contributed by atoms with van der Waals surface area (Å²) in [4.78, 5) is 24.4. The molecule has 0 atom stereocenters. The smallest absolute Gasteiger partial charge is 0.295 e. The van der Waals surface area contributed by atoms with E-state index < -0.39 is 0 Å². The molecule has 0 radical (unpaired) electrons. The zero-order chi connectivity index (χ0) is 10.1. The van der Waals surface area contributed by atoms with Crippen molar-refractivity contribution in [2.24, 2.45) is 0 Å². The number of nitrogens with zero attached hydrogens (tertiary/aromatic N) is 1. The molecule has 0 aliphatic rings. The molecule has 13 heavy (non-hydrogen) atoms. The number of hydrogen-bond donors (Lipinski definition) is 1. The predicted octanol–water partition coefficient (Wildman–Crippen LogP) is 0.682. The summed E-state index contributed by atoms with van der Waals surface area (Å²) in [6.45, 7) is 5.90. The Bertz CT molecular complexity index is 401. The molecule has 0 spiro atoms. The second kappa shape index (κ2) is 3.20. The molecular formula is C9H14N2O2. The third-order valence-electron chi connectivity index (χ3n) is 2.34. The predicted molar refractivity (Wildman–Crippen MR) is 50.9 cm³/mol. The molecule has 0 amide bonds. The van der Waals surface area contributed by atoms with Crippen LogP contribution in [0.4, 0.5) is 0 Å². The minimum Gasteiger partial charge on any atom is -0.295 e. The van der Waals surface area contributed by atoms with Gasteiger partial charge in [-0.25, -0.2) is 4.79 Å². The lowest BCUT2D eigenvalue weighted by Gasteiger charge is -2.24. The summed E-state index contributed by atoms with van der Waals surface area (Å²) >= 11 is 0. The first kappa shape index (κ1) is 9.77. The maximum Gasteiger partial charge on any atom is 0.328 e. The SMILES string of the molecule is CCC(C)(C)n1ccc(=O)[nH]c1=O. The van der Waals surface area contributed by atoms with Gasteiger partial charge in [-0.1, -0.05) is 6.92 Å². The molecule has 0 saturated heterocycles. The average Bonchev–Trinajstić information content (AvgIpc) is 2.03. The summed E-state index contributed by atoms with van der Waals surface area (Å²) in [6, 6.07) is 1.36. The van der Waals surface area contributed by atoms with Gasteiger partial charge in [0, 0.05) is 17.8 Å². The van der Waals surface area contributed by atoms with E-state index in [4.69, 9.17) is 0 Å². The summed E-state index contributed by atoms with van der Waals surface area (Å²) in [5.74, 6) is 0. The summed E-state index contributed by atoms with van der Waals surface area (Å²) in [5, 5.41) is 0. The van der Waals surface area contributed by atoms with Crippen molar-refractivity contribution < 1.29 is 0 Å². The molecule has 1 aromatic heterocycles. The van der Waals surface area contributed by atoms with Crippen LogP contribution in [0.25, 0.3) is 0 Å². The number of aromatic amines is 1. The van der Waals surface area contributed by atoms with Crippen LogP contribution in [0.5, 0.6) is 0 Å². The average molecular weight is 182 g/mol. The van der Waals surface area contributed by atoms with Crippen LogP contribution in [-0.2, 0) is 5.54 Å². The fourth-order valence-corrected chi connectivity index (χ4v) is 1.06. The van der Waals surface area contributed by atoms with E-state index >= 15 is 0 Å². The van der Waals surface area contributed by atoms with Crippen LogP contribution >= 0.6 is 0 Å². The fraction of sp³-hybridized carbons (Fsp3) is 0.556. The first-order chi connectivity index (χ1) is 5.97. The van der Waals surface area contributed by atoms with Crippen LogP contribution < -0.4 is 11.2 Å². The van der Waals surface area contributed by atoms with Gasteiger partial charge in [0.25, 0.3) is 5.56 Å². The van der Waals surface area contributed by atoms with Crippen molar-refractivity contribution in [2.75, 3.05) is 0 Å². The maximum absolute atomic E-state index is 11.4. The van der Waals surface area contributed by atoms with Crippen molar-refractivity contribution in [1.82, 2.24) is 9.55 Å². The highest BCUT2D eigenvalue weighted by molar-refractivity contribution is 4.88. The van der Waals surface area contributed by atoms with Crippen molar-refractivity contribution >= 4 is 0 Å². The van der Waals surface area contributed by atoms with Gasteiger partial charge in [0.2, 0.25) is 0 Å². The van der Waals surface area contributed by atoms with E-state index in [9.17, 15) is 9.59 Å². The van der Waals surface area contributed by atoms with Crippen molar-refractivity contribution in [3.63, 3.8) is 0 Å². The molecule has 1 N–H and O–H groups in total. The van der Waals surface area contributed by atoms with Crippen LogP contribution in [0.2, 0.25) is 0 Å². The quantitative estimate of drug-likeness (QED) is 0.731. The fourth-order valence-electron chi connectivity index (χ4n) is 1.06. The molecule has 0 fully saturated rings. The van der Waals surface area contributed by atoms with Crippen molar-refractivity contribution in [3.05, 3.63) is 33.1 Å². The Hall–Kier alpha value is -1.32. The molecular weight excluding hydrogens is 168 g/mol. The van der Waals surface area contributed by atoms with Crippen LogP contribution in [0.15, 0.2) is 21.9 Å². The van der Waals surface area contributed by atoms with Crippen molar-refractivity contribution in [3.8, 4) is 0 Å². The third-order valence-corrected chi connectivity index (χ3v) is 2.34. The molecule has 1 heterocycles. The van der Waals surface area contributed by atoms with Crippen molar-refractivity contribution in [2.45, 2.75) is 32.7 Å². The largest absolute Gasteiger partial charge is 0.328 e. The van der Waals surface area contributed by atoms with Gasteiger partial charge >= 0.3 is 5.69 Å². The molecule has 0 aromatic carbocycles. The summed E-state index contributed by atoms with van der Waals surface area (Å²) in [5.41, 5.74) is -0.950. The normalized spacial score (nSPS) is 11.6. The highest BCUT2D eigenvalue weighted by Crippen LogP contribution is 2.15. The summed E-state index contributed by atoms with van der Waals surface area (Å²) in [6.07, 6.45) is 2.36. The first-order valence-corrected chi connectivity index (χ1v) is 4.30. The molecule has 4 nitrogen and oxygen atoms in total. The van der Waals surface area contributed by atoms with Crippen LogP contribution in [0.3, 0.4) is 0 Å². The number of aromatic nitrogens is 2. The van der Waals surface area contributed by atoms with Gasteiger partial charge < -0.3 is 0 Å². The monoisotopic (exact) mass is 182 g/mol.